The highest BCUT2D eigenvalue weighted by Gasteiger charge is 2.23. The lowest BCUT2D eigenvalue weighted by atomic mass is 9.98. The van der Waals surface area contributed by atoms with Crippen LogP contribution < -0.4 is 5.32 Å². The van der Waals surface area contributed by atoms with Gasteiger partial charge in [0.1, 0.15) is 6.61 Å². The quantitative estimate of drug-likeness (QED) is 0.236. The van der Waals surface area contributed by atoms with E-state index in [0.717, 1.165) is 25.9 Å². The molecule has 11 heteroatoms. The van der Waals surface area contributed by atoms with Gasteiger partial charge in [-0.1, -0.05) is 0 Å². The molecule has 1 fully saturated rings. The number of aliphatic carboxylic acids is 2. The molecule has 1 atom stereocenters. The van der Waals surface area contributed by atoms with Gasteiger partial charge in [-0.25, -0.2) is 9.59 Å². The maximum Gasteiger partial charge on any atom is 0.328 e. The highest BCUT2D eigenvalue weighted by atomic mass is 16.9. The molecule has 1 saturated heterocycles. The number of hydrogen-bond donors (Lipinski definition) is 3. The van der Waals surface area contributed by atoms with Crippen molar-refractivity contribution in [3.8, 4) is 0 Å². The second kappa shape index (κ2) is 11.8. The summed E-state index contributed by atoms with van der Waals surface area (Å²) >= 11 is 0. The molecule has 1 amide bonds. The molecular weight excluding hydrogens is 326 g/mol. The summed E-state index contributed by atoms with van der Waals surface area (Å²) in [4.78, 5) is 46.8. The fourth-order valence-electron chi connectivity index (χ4n) is 1.96. The number of likely N-dealkylation sites (tertiary alicyclic amines) is 1. The number of amides is 1. The van der Waals surface area contributed by atoms with Crippen LogP contribution in [0.5, 0.6) is 0 Å². The number of hydrogen-bond acceptors (Lipinski definition) is 7. The van der Waals surface area contributed by atoms with Gasteiger partial charge in [-0.05, 0) is 26.4 Å². The fraction of sp³-hybridized carbons (Fsp3) is 0.615. The van der Waals surface area contributed by atoms with E-state index in [1.54, 1.807) is 0 Å². The number of piperidine rings is 1. The number of nitrogens with zero attached hydrogens (tertiary/aromatic N) is 2. The Hall–Kier alpha value is -2.69. The van der Waals surface area contributed by atoms with Gasteiger partial charge in [0.05, 0.1) is 5.92 Å². The van der Waals surface area contributed by atoms with Gasteiger partial charge in [-0.2, -0.15) is 0 Å². The van der Waals surface area contributed by atoms with Crippen LogP contribution in [0, 0.1) is 16.0 Å². The standard InChI is InChI=1S/C9H17N3O4.C4H4O4/c1-11-5-2-3-8(7-11)9(13)10-4-6-16-12(14)15;5-3(6)1-2-4(7)8/h8H,2-7H2,1H3,(H,10,13);1-2H,(H,5,6)(H,7,8). The van der Waals surface area contributed by atoms with Crippen LogP contribution in [0.15, 0.2) is 12.2 Å². The monoisotopic (exact) mass is 347 g/mol. The van der Waals surface area contributed by atoms with Gasteiger partial charge in [0, 0.05) is 25.2 Å². The minimum absolute atomic E-state index is 0.00523. The Morgan fingerprint density at radius 2 is 1.92 bits per heavy atom. The zero-order valence-electron chi connectivity index (χ0n) is 13.2. The van der Waals surface area contributed by atoms with Crippen LogP contribution in [-0.4, -0.2) is 71.3 Å². The second-order valence-electron chi connectivity index (χ2n) is 4.96. The summed E-state index contributed by atoms with van der Waals surface area (Å²) in [6.07, 6.45) is 3.01. The van der Waals surface area contributed by atoms with Crippen molar-refractivity contribution in [3.05, 3.63) is 22.3 Å². The molecule has 1 rings (SSSR count). The molecule has 0 aromatic heterocycles. The van der Waals surface area contributed by atoms with Crippen LogP contribution in [0.1, 0.15) is 12.8 Å². The van der Waals surface area contributed by atoms with E-state index in [2.05, 4.69) is 15.1 Å². The van der Waals surface area contributed by atoms with Crippen molar-refractivity contribution in [3.63, 3.8) is 0 Å². The molecule has 3 N–H and O–H groups in total. The van der Waals surface area contributed by atoms with E-state index in [9.17, 15) is 24.5 Å². The van der Waals surface area contributed by atoms with Gasteiger partial charge in [0.25, 0.3) is 5.09 Å². The van der Waals surface area contributed by atoms with Gasteiger partial charge in [0.2, 0.25) is 5.91 Å². The molecule has 1 unspecified atom stereocenters. The van der Waals surface area contributed by atoms with Gasteiger partial charge >= 0.3 is 11.9 Å². The minimum Gasteiger partial charge on any atom is -0.478 e. The lowest BCUT2D eigenvalue weighted by Gasteiger charge is -2.28. The second-order valence-corrected chi connectivity index (χ2v) is 4.96. The molecule has 0 aliphatic carbocycles. The molecule has 0 radical (unpaired) electrons. The van der Waals surface area contributed by atoms with Gasteiger partial charge in [-0.3, -0.25) is 4.79 Å². The van der Waals surface area contributed by atoms with Crippen LogP contribution in [0.3, 0.4) is 0 Å². The van der Waals surface area contributed by atoms with E-state index in [-0.39, 0.29) is 25.0 Å². The van der Waals surface area contributed by atoms with E-state index < -0.39 is 17.0 Å². The summed E-state index contributed by atoms with van der Waals surface area (Å²) in [7, 11) is 1.98. The number of carbonyl (C=O) groups excluding carboxylic acids is 1. The highest BCUT2D eigenvalue weighted by molar-refractivity contribution is 5.89. The predicted octanol–water partition coefficient (Wildman–Crippen LogP) is -0.635. The molecule has 11 nitrogen and oxygen atoms in total. The Morgan fingerprint density at radius 3 is 2.38 bits per heavy atom. The Kier molecular flexibility index (Phi) is 10.5. The van der Waals surface area contributed by atoms with Crippen LogP contribution in [0.4, 0.5) is 0 Å². The van der Waals surface area contributed by atoms with E-state index in [0.29, 0.717) is 12.2 Å². The van der Waals surface area contributed by atoms with Crippen molar-refractivity contribution in [2.45, 2.75) is 12.8 Å². The molecule has 1 aliphatic rings. The van der Waals surface area contributed by atoms with Crippen molar-refractivity contribution in [2.75, 3.05) is 33.3 Å². The molecule has 0 aromatic rings. The maximum absolute atomic E-state index is 11.6. The Bertz CT molecular complexity index is 464. The van der Waals surface area contributed by atoms with Gasteiger partial charge in [-0.15, -0.1) is 10.1 Å². The van der Waals surface area contributed by atoms with Crippen molar-refractivity contribution in [1.82, 2.24) is 10.2 Å². The molecule has 0 spiro atoms. The Balaban J connectivity index is 0.000000561. The molecule has 1 aliphatic heterocycles. The smallest absolute Gasteiger partial charge is 0.328 e. The fourth-order valence-corrected chi connectivity index (χ4v) is 1.96. The molecular formula is C13H21N3O8. The van der Waals surface area contributed by atoms with Gasteiger partial charge < -0.3 is 25.3 Å². The number of carbonyl (C=O) groups is 3. The average molecular weight is 347 g/mol. The SMILES string of the molecule is CN1CCCC(C(=O)NCCO[N+](=O)[O-])C1.O=C(O)C=CC(=O)O. The average Bonchev–Trinajstić information content (AvgIpc) is 2.50. The summed E-state index contributed by atoms with van der Waals surface area (Å²) in [6.45, 7) is 1.86. The molecule has 1 heterocycles. The zero-order chi connectivity index (χ0) is 18.5. The Labute approximate surface area is 138 Å². The number of carboxylic acids is 2. The number of carboxylic acid groups (broad SMARTS) is 2. The van der Waals surface area contributed by atoms with Crippen molar-refractivity contribution in [2.24, 2.45) is 5.92 Å². The van der Waals surface area contributed by atoms with Crippen LogP contribution in [-0.2, 0) is 19.2 Å². The van der Waals surface area contributed by atoms with E-state index in [4.69, 9.17) is 10.2 Å². The third-order valence-electron chi connectivity index (χ3n) is 2.96. The third-order valence-corrected chi connectivity index (χ3v) is 2.96. The van der Waals surface area contributed by atoms with E-state index in [1.165, 1.54) is 0 Å². The Morgan fingerprint density at radius 1 is 1.33 bits per heavy atom. The van der Waals surface area contributed by atoms with Crippen molar-refractivity contribution < 1.29 is 34.5 Å². The largest absolute Gasteiger partial charge is 0.478 e. The van der Waals surface area contributed by atoms with Crippen LogP contribution >= 0.6 is 0 Å². The number of rotatable bonds is 7. The molecule has 0 saturated carbocycles. The zero-order valence-corrected chi connectivity index (χ0v) is 13.2. The summed E-state index contributed by atoms with van der Waals surface area (Å²) in [5.74, 6) is -2.56. The normalized spacial score (nSPS) is 17.5. The van der Waals surface area contributed by atoms with Crippen LogP contribution in [0.2, 0.25) is 0 Å². The summed E-state index contributed by atoms with van der Waals surface area (Å²) in [5.41, 5.74) is 0. The lowest BCUT2D eigenvalue weighted by Crippen LogP contribution is -2.42. The molecule has 0 aromatic carbocycles. The van der Waals surface area contributed by atoms with Crippen molar-refractivity contribution >= 4 is 17.8 Å². The highest BCUT2D eigenvalue weighted by Crippen LogP contribution is 2.14. The molecule has 24 heavy (non-hydrogen) atoms. The third kappa shape index (κ3) is 11.9. The first-order valence-electron chi connectivity index (χ1n) is 7.10. The van der Waals surface area contributed by atoms with Gasteiger partial charge in [0.15, 0.2) is 0 Å². The summed E-state index contributed by atoms with van der Waals surface area (Å²) < 4.78 is 0. The molecule has 0 bridgehead atoms. The lowest BCUT2D eigenvalue weighted by molar-refractivity contribution is -0.757. The maximum atomic E-state index is 11.6. The minimum atomic E-state index is -1.26. The molecule has 136 valence electrons. The van der Waals surface area contributed by atoms with Crippen LogP contribution in [0.25, 0.3) is 0 Å². The predicted molar refractivity (Wildman–Crippen MR) is 80.6 cm³/mol. The van der Waals surface area contributed by atoms with E-state index >= 15 is 0 Å². The summed E-state index contributed by atoms with van der Waals surface area (Å²) in [5, 5.41) is 27.2. The van der Waals surface area contributed by atoms with E-state index in [1.807, 2.05) is 7.05 Å². The first kappa shape index (κ1) is 21.3. The summed E-state index contributed by atoms with van der Waals surface area (Å²) in [6, 6.07) is 0. The first-order chi connectivity index (χ1) is 11.2. The first-order valence-corrected chi connectivity index (χ1v) is 7.10. The van der Waals surface area contributed by atoms with Crippen molar-refractivity contribution in [1.29, 1.82) is 0 Å². The topological polar surface area (TPSA) is 159 Å². The number of nitrogens with one attached hydrogen (secondary N) is 1.